The summed E-state index contributed by atoms with van der Waals surface area (Å²) in [6.45, 7) is 7.93. The Morgan fingerprint density at radius 3 is 2.55 bits per heavy atom. The van der Waals surface area contributed by atoms with Crippen LogP contribution in [0.2, 0.25) is 0 Å². The number of carbonyl (C=O) groups is 2. The van der Waals surface area contributed by atoms with Crippen molar-refractivity contribution in [1.82, 2.24) is 29.8 Å². The fourth-order valence-electron chi connectivity index (χ4n) is 3.18. The van der Waals surface area contributed by atoms with E-state index >= 15 is 0 Å². The van der Waals surface area contributed by atoms with Gasteiger partial charge in [0.25, 0.3) is 5.56 Å². The summed E-state index contributed by atoms with van der Waals surface area (Å²) in [6, 6.07) is 7.33. The average Bonchev–Trinajstić information content (AvgIpc) is 3.15. The number of carbonyl (C=O) groups excluding carboxylic acids is 2. The highest BCUT2D eigenvalue weighted by molar-refractivity contribution is 7.99. The van der Waals surface area contributed by atoms with Crippen LogP contribution in [0.15, 0.2) is 34.2 Å². The van der Waals surface area contributed by atoms with E-state index < -0.39 is 0 Å². The van der Waals surface area contributed by atoms with Crippen LogP contribution >= 0.6 is 11.8 Å². The summed E-state index contributed by atoms with van der Waals surface area (Å²) in [5.41, 5.74) is 0.445. The molecule has 31 heavy (non-hydrogen) atoms. The maximum atomic E-state index is 13.1. The molecular weight excluding hydrogens is 416 g/mol. The van der Waals surface area contributed by atoms with Crippen LogP contribution in [-0.4, -0.2) is 48.8 Å². The Kier molecular flexibility index (Phi) is 7.32. The lowest BCUT2D eigenvalue weighted by atomic mass is 10.2. The van der Waals surface area contributed by atoms with Gasteiger partial charge in [0.2, 0.25) is 17.6 Å². The first-order valence-corrected chi connectivity index (χ1v) is 11.4. The summed E-state index contributed by atoms with van der Waals surface area (Å²) in [7, 11) is 0. The van der Waals surface area contributed by atoms with Gasteiger partial charge in [-0.1, -0.05) is 30.8 Å². The molecule has 0 aliphatic rings. The van der Waals surface area contributed by atoms with E-state index in [4.69, 9.17) is 0 Å². The van der Waals surface area contributed by atoms with Gasteiger partial charge in [-0.3, -0.25) is 23.4 Å². The second-order valence-electron chi connectivity index (χ2n) is 7.73. The van der Waals surface area contributed by atoms with Crippen LogP contribution in [0.5, 0.6) is 0 Å². The molecule has 166 valence electrons. The number of rotatable bonds is 9. The first-order valence-electron chi connectivity index (χ1n) is 10.4. The van der Waals surface area contributed by atoms with Crippen LogP contribution in [0.1, 0.15) is 40.5 Å². The number of fused-ring (bicyclic) bond motifs is 3. The van der Waals surface area contributed by atoms with Gasteiger partial charge in [-0.05, 0) is 39.3 Å². The maximum absolute atomic E-state index is 13.1. The van der Waals surface area contributed by atoms with Crippen LogP contribution in [0.25, 0.3) is 16.7 Å². The monoisotopic (exact) mass is 444 g/mol. The highest BCUT2D eigenvalue weighted by Gasteiger charge is 2.18. The molecule has 0 saturated heterocycles. The lowest BCUT2D eigenvalue weighted by Crippen LogP contribution is -2.33. The molecule has 1 unspecified atom stereocenters. The van der Waals surface area contributed by atoms with Gasteiger partial charge in [0, 0.05) is 25.0 Å². The van der Waals surface area contributed by atoms with Crippen molar-refractivity contribution in [2.75, 3.05) is 5.75 Å². The molecule has 10 heteroatoms. The van der Waals surface area contributed by atoms with Crippen LogP contribution in [-0.2, 0) is 16.1 Å². The molecule has 2 aromatic heterocycles. The van der Waals surface area contributed by atoms with Crippen LogP contribution < -0.4 is 16.2 Å². The van der Waals surface area contributed by atoms with E-state index in [1.165, 1.54) is 16.3 Å². The number of nitrogens with zero attached hydrogens (tertiary/aromatic N) is 4. The molecule has 0 bridgehead atoms. The maximum Gasteiger partial charge on any atom is 0.262 e. The van der Waals surface area contributed by atoms with Crippen molar-refractivity contribution in [1.29, 1.82) is 0 Å². The smallest absolute Gasteiger partial charge is 0.262 e. The lowest BCUT2D eigenvalue weighted by molar-refractivity contribution is -0.122. The molecule has 0 fully saturated rings. The Balaban J connectivity index is 1.96. The van der Waals surface area contributed by atoms with Crippen molar-refractivity contribution in [3.63, 3.8) is 0 Å². The molecule has 0 spiro atoms. The molecule has 0 radical (unpaired) electrons. The van der Waals surface area contributed by atoms with Crippen molar-refractivity contribution >= 4 is 40.3 Å². The van der Waals surface area contributed by atoms with E-state index in [9.17, 15) is 14.4 Å². The zero-order valence-electron chi connectivity index (χ0n) is 18.2. The number of para-hydroxylation sites is 1. The Hall–Kier alpha value is -2.88. The number of aromatic nitrogens is 4. The lowest BCUT2D eigenvalue weighted by Gasteiger charge is -2.13. The van der Waals surface area contributed by atoms with Crippen molar-refractivity contribution < 1.29 is 9.59 Å². The number of amides is 2. The van der Waals surface area contributed by atoms with Crippen molar-refractivity contribution in [2.45, 2.75) is 64.3 Å². The standard InChI is InChI=1S/C21H28N6O3S/c1-5-14(4)23-17(28)10-11-26-19(30)15-8-6-7-9-16(15)27-20(26)24-25-21(27)31-12-18(29)22-13(2)3/h6-9,13-14H,5,10-12H2,1-4H3,(H,22,29)(H,23,28). The third kappa shape index (κ3) is 5.25. The molecule has 0 aliphatic heterocycles. The van der Waals surface area contributed by atoms with Gasteiger partial charge >= 0.3 is 0 Å². The summed E-state index contributed by atoms with van der Waals surface area (Å²) in [5, 5.41) is 15.2. The SMILES string of the molecule is CCC(C)NC(=O)CCn1c(=O)c2ccccc2n2c(SCC(=O)NC(C)C)nnc12. The molecule has 3 rings (SSSR count). The Labute approximate surface area is 184 Å². The topological polar surface area (TPSA) is 110 Å². The highest BCUT2D eigenvalue weighted by Crippen LogP contribution is 2.21. The predicted octanol–water partition coefficient (Wildman–Crippen LogP) is 1.97. The number of hydrogen-bond donors (Lipinski definition) is 2. The minimum Gasteiger partial charge on any atom is -0.354 e. The van der Waals surface area contributed by atoms with Crippen LogP contribution in [0.4, 0.5) is 0 Å². The number of benzene rings is 1. The number of hydrogen-bond acceptors (Lipinski definition) is 6. The molecule has 2 amide bonds. The van der Waals surface area contributed by atoms with E-state index in [-0.39, 0.29) is 48.2 Å². The zero-order valence-corrected chi connectivity index (χ0v) is 19.0. The minimum absolute atomic E-state index is 0.0517. The molecule has 1 aromatic carbocycles. The summed E-state index contributed by atoms with van der Waals surface area (Å²) < 4.78 is 3.25. The molecule has 0 aliphatic carbocycles. The zero-order chi connectivity index (χ0) is 22.5. The van der Waals surface area contributed by atoms with E-state index in [2.05, 4.69) is 20.8 Å². The summed E-state index contributed by atoms with van der Waals surface area (Å²) in [4.78, 5) is 37.4. The molecule has 9 nitrogen and oxygen atoms in total. The third-order valence-electron chi connectivity index (χ3n) is 4.84. The quantitative estimate of drug-likeness (QED) is 0.488. The van der Waals surface area contributed by atoms with Gasteiger partial charge in [-0.15, -0.1) is 10.2 Å². The van der Waals surface area contributed by atoms with E-state index in [0.29, 0.717) is 21.8 Å². The average molecular weight is 445 g/mol. The summed E-state index contributed by atoms with van der Waals surface area (Å²) in [5.74, 6) is 0.318. The summed E-state index contributed by atoms with van der Waals surface area (Å²) >= 11 is 1.25. The van der Waals surface area contributed by atoms with Gasteiger partial charge in [-0.25, -0.2) is 0 Å². The normalized spacial score (nSPS) is 12.4. The Morgan fingerprint density at radius 2 is 1.84 bits per heavy atom. The number of nitrogens with one attached hydrogen (secondary N) is 2. The van der Waals surface area contributed by atoms with Gasteiger partial charge in [0.1, 0.15) is 0 Å². The molecule has 3 aromatic rings. The van der Waals surface area contributed by atoms with E-state index in [1.807, 2.05) is 39.8 Å². The van der Waals surface area contributed by atoms with E-state index in [1.54, 1.807) is 16.5 Å². The Bertz CT molecular complexity index is 1150. The van der Waals surface area contributed by atoms with Gasteiger partial charge in [0.05, 0.1) is 16.7 Å². The second kappa shape index (κ2) is 9.95. The van der Waals surface area contributed by atoms with E-state index in [0.717, 1.165) is 6.42 Å². The minimum atomic E-state index is -0.221. The molecule has 1 atom stereocenters. The first-order chi connectivity index (χ1) is 14.8. The largest absolute Gasteiger partial charge is 0.354 e. The predicted molar refractivity (Wildman–Crippen MR) is 121 cm³/mol. The van der Waals surface area contributed by atoms with Gasteiger partial charge in [0.15, 0.2) is 5.16 Å². The Morgan fingerprint density at radius 1 is 1.10 bits per heavy atom. The molecule has 2 N–H and O–H groups in total. The molecular formula is C21H28N6O3S. The van der Waals surface area contributed by atoms with Crippen LogP contribution in [0, 0.1) is 0 Å². The van der Waals surface area contributed by atoms with Crippen molar-refractivity contribution in [3.8, 4) is 0 Å². The number of thioether (sulfide) groups is 1. The van der Waals surface area contributed by atoms with Gasteiger partial charge < -0.3 is 10.6 Å². The summed E-state index contributed by atoms with van der Waals surface area (Å²) in [6.07, 6.45) is 0.992. The first kappa shape index (κ1) is 22.8. The highest BCUT2D eigenvalue weighted by atomic mass is 32.2. The molecule has 2 heterocycles. The van der Waals surface area contributed by atoms with Gasteiger partial charge in [-0.2, -0.15) is 0 Å². The fourth-order valence-corrected chi connectivity index (χ4v) is 3.94. The van der Waals surface area contributed by atoms with Crippen LogP contribution in [0.3, 0.4) is 0 Å². The van der Waals surface area contributed by atoms with Crippen molar-refractivity contribution in [3.05, 3.63) is 34.6 Å². The molecule has 0 saturated carbocycles. The van der Waals surface area contributed by atoms with Crippen molar-refractivity contribution in [2.24, 2.45) is 0 Å². The number of aryl methyl sites for hydroxylation is 1. The fraction of sp³-hybridized carbons (Fsp3) is 0.476. The second-order valence-corrected chi connectivity index (χ2v) is 8.67. The third-order valence-corrected chi connectivity index (χ3v) is 5.77.